The number of carbonyl (C=O) groups is 1. The van der Waals surface area contributed by atoms with Gasteiger partial charge in [0.1, 0.15) is 0 Å². The fourth-order valence-corrected chi connectivity index (χ4v) is 4.04. The molecule has 4 rings (SSSR count). The summed E-state index contributed by atoms with van der Waals surface area (Å²) in [6.07, 6.45) is 1.09. The predicted octanol–water partition coefficient (Wildman–Crippen LogP) is 4.98. The molecule has 0 saturated heterocycles. The molecule has 0 atom stereocenters. The van der Waals surface area contributed by atoms with Gasteiger partial charge < -0.3 is 19.7 Å². The van der Waals surface area contributed by atoms with E-state index < -0.39 is 0 Å². The lowest BCUT2D eigenvalue weighted by Gasteiger charge is -2.19. The molecule has 5 nitrogen and oxygen atoms in total. The van der Waals surface area contributed by atoms with Gasteiger partial charge in [-0.1, -0.05) is 36.4 Å². The minimum atomic E-state index is -0.0880. The van der Waals surface area contributed by atoms with E-state index in [1.807, 2.05) is 56.3 Å². The Balaban J connectivity index is 1.35. The van der Waals surface area contributed by atoms with Crippen molar-refractivity contribution in [2.45, 2.75) is 33.4 Å². The van der Waals surface area contributed by atoms with Crippen LogP contribution in [-0.2, 0) is 19.5 Å². The molecule has 1 heterocycles. The van der Waals surface area contributed by atoms with Crippen molar-refractivity contribution in [1.82, 2.24) is 5.32 Å². The molecule has 5 heteroatoms. The van der Waals surface area contributed by atoms with Crippen LogP contribution in [0.2, 0.25) is 0 Å². The van der Waals surface area contributed by atoms with Gasteiger partial charge in [-0.05, 0) is 67.3 Å². The number of hydrogen-bond donors (Lipinski definition) is 1. The first kappa shape index (κ1) is 21.8. The number of anilines is 1. The van der Waals surface area contributed by atoms with Crippen LogP contribution in [0.5, 0.6) is 11.5 Å². The average molecular weight is 431 g/mol. The Morgan fingerprint density at radius 3 is 2.41 bits per heavy atom. The summed E-state index contributed by atoms with van der Waals surface area (Å²) in [5.41, 5.74) is 5.55. The summed E-state index contributed by atoms with van der Waals surface area (Å²) in [6.45, 7) is 7.34. The maximum atomic E-state index is 12.6. The van der Waals surface area contributed by atoms with Crippen LogP contribution in [0.25, 0.3) is 0 Å². The highest BCUT2D eigenvalue weighted by Gasteiger charge is 2.18. The zero-order valence-corrected chi connectivity index (χ0v) is 18.8. The predicted molar refractivity (Wildman–Crippen MR) is 128 cm³/mol. The fourth-order valence-electron chi connectivity index (χ4n) is 4.04. The first-order valence-electron chi connectivity index (χ1n) is 11.3. The van der Waals surface area contributed by atoms with Crippen molar-refractivity contribution >= 4 is 11.6 Å². The zero-order valence-electron chi connectivity index (χ0n) is 18.8. The van der Waals surface area contributed by atoms with Crippen molar-refractivity contribution in [2.75, 3.05) is 24.7 Å². The molecule has 0 spiro atoms. The Hall–Kier alpha value is -3.47. The van der Waals surface area contributed by atoms with E-state index in [1.54, 1.807) is 0 Å². The third-order valence-corrected chi connectivity index (χ3v) is 5.63. The van der Waals surface area contributed by atoms with E-state index in [4.69, 9.17) is 9.47 Å². The lowest BCUT2D eigenvalue weighted by molar-refractivity contribution is 0.0951. The molecule has 0 unspecified atom stereocenters. The number of ether oxygens (including phenoxy) is 2. The molecule has 166 valence electrons. The SMILES string of the molecule is CCOc1ccc(CNC(=O)c2ccc(CN3CCc4ccccc43)cc2)cc1OCC. The van der Waals surface area contributed by atoms with Gasteiger partial charge >= 0.3 is 0 Å². The van der Waals surface area contributed by atoms with E-state index in [2.05, 4.69) is 34.5 Å². The largest absolute Gasteiger partial charge is 0.490 e. The fraction of sp³-hybridized carbons (Fsp3) is 0.296. The smallest absolute Gasteiger partial charge is 0.251 e. The minimum Gasteiger partial charge on any atom is -0.490 e. The molecule has 0 fully saturated rings. The van der Waals surface area contributed by atoms with Gasteiger partial charge in [0.15, 0.2) is 11.5 Å². The Morgan fingerprint density at radius 1 is 0.906 bits per heavy atom. The topological polar surface area (TPSA) is 50.8 Å². The second-order valence-corrected chi connectivity index (χ2v) is 7.83. The first-order chi connectivity index (χ1) is 15.7. The van der Waals surface area contributed by atoms with Crippen LogP contribution in [0, 0.1) is 0 Å². The van der Waals surface area contributed by atoms with Crippen molar-refractivity contribution in [3.8, 4) is 11.5 Å². The van der Waals surface area contributed by atoms with Gasteiger partial charge in [-0.2, -0.15) is 0 Å². The van der Waals surface area contributed by atoms with Crippen molar-refractivity contribution in [2.24, 2.45) is 0 Å². The number of hydrogen-bond acceptors (Lipinski definition) is 4. The summed E-state index contributed by atoms with van der Waals surface area (Å²) in [6, 6.07) is 22.2. The monoisotopic (exact) mass is 430 g/mol. The number of nitrogens with zero attached hydrogens (tertiary/aromatic N) is 1. The summed E-state index contributed by atoms with van der Waals surface area (Å²) in [7, 11) is 0. The number of carbonyl (C=O) groups excluding carboxylic acids is 1. The Bertz CT molecular complexity index is 1060. The van der Waals surface area contributed by atoms with Gasteiger partial charge in [0.25, 0.3) is 5.91 Å². The van der Waals surface area contributed by atoms with Crippen molar-refractivity contribution in [3.05, 3.63) is 89.0 Å². The molecule has 3 aromatic rings. The van der Waals surface area contributed by atoms with Gasteiger partial charge in [-0.25, -0.2) is 0 Å². The van der Waals surface area contributed by atoms with E-state index in [0.29, 0.717) is 31.1 Å². The average Bonchev–Trinajstić information content (AvgIpc) is 3.22. The quantitative estimate of drug-likeness (QED) is 0.520. The van der Waals surface area contributed by atoms with Crippen LogP contribution >= 0.6 is 0 Å². The number of rotatable bonds is 9. The summed E-state index contributed by atoms with van der Waals surface area (Å²) < 4.78 is 11.3. The molecule has 0 aliphatic carbocycles. The molecule has 1 N–H and O–H groups in total. The Kier molecular flexibility index (Phi) is 6.95. The van der Waals surface area contributed by atoms with Gasteiger partial charge in [0, 0.05) is 30.9 Å². The van der Waals surface area contributed by atoms with Crippen molar-refractivity contribution < 1.29 is 14.3 Å². The minimum absolute atomic E-state index is 0.0880. The molecule has 3 aromatic carbocycles. The van der Waals surface area contributed by atoms with Crippen LogP contribution in [0.3, 0.4) is 0 Å². The van der Waals surface area contributed by atoms with E-state index in [-0.39, 0.29) is 5.91 Å². The number of nitrogens with one attached hydrogen (secondary N) is 1. The summed E-state index contributed by atoms with van der Waals surface area (Å²) in [5.74, 6) is 1.34. The van der Waals surface area contributed by atoms with Gasteiger partial charge in [0.2, 0.25) is 0 Å². The van der Waals surface area contributed by atoms with Crippen LogP contribution in [0.4, 0.5) is 5.69 Å². The van der Waals surface area contributed by atoms with Crippen molar-refractivity contribution in [1.29, 1.82) is 0 Å². The Labute approximate surface area is 190 Å². The Morgan fingerprint density at radius 2 is 1.62 bits per heavy atom. The van der Waals surface area contributed by atoms with Gasteiger partial charge in [0.05, 0.1) is 13.2 Å². The highest BCUT2D eigenvalue weighted by atomic mass is 16.5. The molecular weight excluding hydrogens is 400 g/mol. The number of amides is 1. The molecule has 1 aliphatic rings. The number of benzene rings is 3. The highest BCUT2D eigenvalue weighted by Crippen LogP contribution is 2.29. The molecular formula is C27H30N2O3. The summed E-state index contributed by atoms with van der Waals surface area (Å²) in [4.78, 5) is 15.0. The second kappa shape index (κ2) is 10.2. The van der Waals surface area contributed by atoms with Gasteiger partial charge in [-0.15, -0.1) is 0 Å². The lowest BCUT2D eigenvalue weighted by Crippen LogP contribution is -2.23. The maximum Gasteiger partial charge on any atom is 0.251 e. The standard InChI is InChI=1S/C27H30N2O3/c1-3-31-25-14-11-21(17-26(25)32-4-2)18-28-27(30)23-12-9-20(10-13-23)19-29-16-15-22-7-5-6-8-24(22)29/h5-14,17H,3-4,15-16,18-19H2,1-2H3,(H,28,30). The van der Waals surface area contributed by atoms with Crippen LogP contribution in [-0.4, -0.2) is 25.7 Å². The first-order valence-corrected chi connectivity index (χ1v) is 11.3. The third kappa shape index (κ3) is 5.05. The van der Waals surface area contributed by atoms with Crippen LogP contribution in [0.1, 0.15) is 40.9 Å². The number of fused-ring (bicyclic) bond motifs is 1. The normalized spacial score (nSPS) is 12.4. The zero-order chi connectivity index (χ0) is 22.3. The van der Waals surface area contributed by atoms with E-state index in [1.165, 1.54) is 16.8 Å². The molecule has 0 bridgehead atoms. The van der Waals surface area contributed by atoms with E-state index in [0.717, 1.165) is 30.8 Å². The summed E-state index contributed by atoms with van der Waals surface area (Å²) >= 11 is 0. The third-order valence-electron chi connectivity index (χ3n) is 5.63. The van der Waals surface area contributed by atoms with Crippen LogP contribution < -0.4 is 19.7 Å². The second-order valence-electron chi connectivity index (χ2n) is 7.83. The van der Waals surface area contributed by atoms with E-state index >= 15 is 0 Å². The molecule has 1 amide bonds. The van der Waals surface area contributed by atoms with Crippen LogP contribution in [0.15, 0.2) is 66.7 Å². The highest BCUT2D eigenvalue weighted by molar-refractivity contribution is 5.94. The molecule has 0 radical (unpaired) electrons. The molecule has 0 saturated carbocycles. The molecule has 0 aromatic heterocycles. The molecule has 1 aliphatic heterocycles. The lowest BCUT2D eigenvalue weighted by atomic mass is 10.1. The van der Waals surface area contributed by atoms with Gasteiger partial charge in [-0.3, -0.25) is 4.79 Å². The maximum absolute atomic E-state index is 12.6. The summed E-state index contributed by atoms with van der Waals surface area (Å²) in [5, 5.41) is 3.00. The van der Waals surface area contributed by atoms with Crippen molar-refractivity contribution in [3.63, 3.8) is 0 Å². The number of para-hydroxylation sites is 1. The van der Waals surface area contributed by atoms with E-state index in [9.17, 15) is 4.79 Å². The molecule has 32 heavy (non-hydrogen) atoms.